The first-order valence-corrected chi connectivity index (χ1v) is 10.1. The van der Waals surface area contributed by atoms with Crippen molar-refractivity contribution >= 4 is 17.7 Å². The number of carbonyl (C=O) groups is 3. The van der Waals surface area contributed by atoms with Crippen LogP contribution in [-0.4, -0.2) is 60.5 Å². The minimum absolute atomic E-state index is 0.124. The molecule has 8 heteroatoms. The van der Waals surface area contributed by atoms with Crippen molar-refractivity contribution in [1.82, 2.24) is 9.47 Å². The van der Waals surface area contributed by atoms with E-state index in [0.717, 1.165) is 0 Å². The summed E-state index contributed by atoms with van der Waals surface area (Å²) < 4.78 is 17.2. The number of amides is 1. The Morgan fingerprint density at radius 3 is 2.50 bits per heavy atom. The highest BCUT2D eigenvalue weighted by Gasteiger charge is 2.29. The lowest BCUT2D eigenvalue weighted by molar-refractivity contribution is 0.0512. The molecule has 0 aliphatic carbocycles. The normalized spacial score (nSPS) is 10.8. The second-order valence-electron chi connectivity index (χ2n) is 6.87. The Morgan fingerprint density at radius 2 is 1.93 bits per heavy atom. The molecule has 0 aromatic carbocycles. The average molecular weight is 418 g/mol. The first kappa shape index (κ1) is 23.4. The number of ketones is 1. The molecule has 0 unspecified atom stereocenters. The molecule has 0 aliphatic rings. The van der Waals surface area contributed by atoms with Gasteiger partial charge in [-0.15, -0.1) is 0 Å². The van der Waals surface area contributed by atoms with E-state index < -0.39 is 5.97 Å². The van der Waals surface area contributed by atoms with Crippen LogP contribution in [0.3, 0.4) is 0 Å². The molecule has 2 aromatic heterocycles. The van der Waals surface area contributed by atoms with Crippen molar-refractivity contribution in [3.8, 4) is 0 Å². The zero-order valence-electron chi connectivity index (χ0n) is 18.3. The van der Waals surface area contributed by atoms with Gasteiger partial charge in [-0.3, -0.25) is 9.59 Å². The molecule has 0 spiro atoms. The van der Waals surface area contributed by atoms with Crippen LogP contribution < -0.4 is 0 Å². The molecule has 0 radical (unpaired) electrons. The van der Waals surface area contributed by atoms with Crippen LogP contribution in [0.15, 0.2) is 22.8 Å². The third kappa shape index (κ3) is 4.99. The number of methoxy groups -OCH3 is 1. The fourth-order valence-electron chi connectivity index (χ4n) is 3.62. The van der Waals surface area contributed by atoms with Crippen LogP contribution in [0, 0.1) is 13.8 Å². The van der Waals surface area contributed by atoms with Crippen molar-refractivity contribution < 1.29 is 28.3 Å². The van der Waals surface area contributed by atoms with Gasteiger partial charge in [0.25, 0.3) is 5.91 Å². The van der Waals surface area contributed by atoms with Crippen LogP contribution in [0.1, 0.15) is 62.9 Å². The number of nitrogens with zero attached hydrogens (tertiary/aromatic N) is 2. The van der Waals surface area contributed by atoms with E-state index in [2.05, 4.69) is 0 Å². The summed E-state index contributed by atoms with van der Waals surface area (Å²) in [6, 6.07) is 3.20. The van der Waals surface area contributed by atoms with Crippen LogP contribution in [-0.2, 0) is 16.0 Å². The topological polar surface area (TPSA) is 91.0 Å². The van der Waals surface area contributed by atoms with Gasteiger partial charge in [-0.05, 0) is 51.8 Å². The van der Waals surface area contributed by atoms with Gasteiger partial charge in [0.15, 0.2) is 11.5 Å². The van der Waals surface area contributed by atoms with Crippen LogP contribution >= 0.6 is 0 Å². The van der Waals surface area contributed by atoms with Crippen molar-refractivity contribution in [2.45, 2.75) is 40.7 Å². The summed E-state index contributed by atoms with van der Waals surface area (Å²) in [5, 5.41) is 0. The molecule has 0 N–H and O–H groups in total. The third-order valence-electron chi connectivity index (χ3n) is 4.96. The molecule has 2 rings (SSSR count). The summed E-state index contributed by atoms with van der Waals surface area (Å²) >= 11 is 0. The molecule has 2 aromatic rings. The lowest BCUT2D eigenvalue weighted by Gasteiger charge is -2.21. The fraction of sp³-hybridized carbons (Fsp3) is 0.500. The van der Waals surface area contributed by atoms with E-state index in [1.54, 1.807) is 44.6 Å². The number of esters is 1. The Bertz CT molecular complexity index is 882. The molecular weight excluding hydrogens is 388 g/mol. The van der Waals surface area contributed by atoms with E-state index in [-0.39, 0.29) is 30.6 Å². The molecule has 1 amide bonds. The molecule has 0 fully saturated rings. The van der Waals surface area contributed by atoms with Crippen LogP contribution in [0.5, 0.6) is 0 Å². The van der Waals surface area contributed by atoms with Gasteiger partial charge in [0, 0.05) is 38.1 Å². The Morgan fingerprint density at radius 1 is 1.20 bits per heavy atom. The molecule has 0 bridgehead atoms. The van der Waals surface area contributed by atoms with E-state index in [0.29, 0.717) is 48.6 Å². The van der Waals surface area contributed by atoms with Gasteiger partial charge >= 0.3 is 5.97 Å². The summed E-state index contributed by atoms with van der Waals surface area (Å²) in [4.78, 5) is 40.0. The number of ether oxygens (including phenoxy) is 2. The standard InChI is InChI=1S/C22H30N2O6/c1-6-24-16(4)19(15(3)20(24)22(27)29-7-2)17(25)14-23(11-9-12-28-5)21(26)18-10-8-13-30-18/h8,10,13H,6-7,9,11-12,14H2,1-5H3. The van der Waals surface area contributed by atoms with Gasteiger partial charge in [0.2, 0.25) is 0 Å². The van der Waals surface area contributed by atoms with Crippen molar-refractivity contribution in [1.29, 1.82) is 0 Å². The largest absolute Gasteiger partial charge is 0.461 e. The second-order valence-corrected chi connectivity index (χ2v) is 6.87. The van der Waals surface area contributed by atoms with Crippen LogP contribution in [0.25, 0.3) is 0 Å². The van der Waals surface area contributed by atoms with E-state index in [4.69, 9.17) is 13.9 Å². The predicted octanol–water partition coefficient (Wildman–Crippen LogP) is 3.26. The predicted molar refractivity (Wildman–Crippen MR) is 111 cm³/mol. The fourth-order valence-corrected chi connectivity index (χ4v) is 3.62. The maximum Gasteiger partial charge on any atom is 0.355 e. The Labute approximate surface area is 176 Å². The first-order valence-electron chi connectivity index (χ1n) is 10.1. The van der Waals surface area contributed by atoms with Crippen LogP contribution in [0.4, 0.5) is 0 Å². The summed E-state index contributed by atoms with van der Waals surface area (Å²) in [5.41, 5.74) is 2.08. The van der Waals surface area contributed by atoms with Crippen molar-refractivity contribution in [3.63, 3.8) is 0 Å². The minimum Gasteiger partial charge on any atom is -0.461 e. The smallest absolute Gasteiger partial charge is 0.355 e. The highest BCUT2D eigenvalue weighted by atomic mass is 16.5. The molecule has 8 nitrogen and oxygen atoms in total. The highest BCUT2D eigenvalue weighted by Crippen LogP contribution is 2.24. The lowest BCUT2D eigenvalue weighted by Crippen LogP contribution is -2.37. The van der Waals surface area contributed by atoms with E-state index in [1.165, 1.54) is 11.2 Å². The number of Topliss-reactive ketones (excluding diaryl/α,β-unsaturated/α-hetero) is 1. The van der Waals surface area contributed by atoms with Gasteiger partial charge in [0.05, 0.1) is 19.4 Å². The van der Waals surface area contributed by atoms with E-state index in [9.17, 15) is 14.4 Å². The van der Waals surface area contributed by atoms with Gasteiger partial charge in [-0.2, -0.15) is 0 Å². The average Bonchev–Trinajstić information content (AvgIpc) is 3.33. The van der Waals surface area contributed by atoms with Gasteiger partial charge < -0.3 is 23.4 Å². The quantitative estimate of drug-likeness (QED) is 0.316. The number of furan rings is 1. The number of aromatic nitrogens is 1. The summed E-state index contributed by atoms with van der Waals surface area (Å²) in [6.45, 7) is 8.64. The highest BCUT2D eigenvalue weighted by molar-refractivity contribution is 6.05. The minimum atomic E-state index is -0.456. The molecule has 0 saturated carbocycles. The zero-order chi connectivity index (χ0) is 22.3. The zero-order valence-corrected chi connectivity index (χ0v) is 18.3. The Balaban J connectivity index is 2.34. The first-order chi connectivity index (χ1) is 14.4. The number of hydrogen-bond acceptors (Lipinski definition) is 6. The SMILES string of the molecule is CCOC(=O)c1c(C)c(C(=O)CN(CCCOC)C(=O)c2ccco2)c(C)n1CC. The van der Waals surface area contributed by atoms with E-state index >= 15 is 0 Å². The Hall–Kier alpha value is -2.87. The van der Waals surface area contributed by atoms with Crippen molar-refractivity contribution in [2.24, 2.45) is 0 Å². The molecule has 30 heavy (non-hydrogen) atoms. The van der Waals surface area contributed by atoms with Crippen molar-refractivity contribution in [2.75, 3.05) is 33.4 Å². The molecule has 0 atom stereocenters. The third-order valence-corrected chi connectivity index (χ3v) is 4.96. The molecular formula is C22H30N2O6. The second kappa shape index (κ2) is 10.8. The summed E-state index contributed by atoms with van der Waals surface area (Å²) in [5.74, 6) is -0.880. The Kier molecular flexibility index (Phi) is 8.41. The monoisotopic (exact) mass is 418 g/mol. The maximum atomic E-state index is 13.2. The summed E-state index contributed by atoms with van der Waals surface area (Å²) in [7, 11) is 1.58. The molecule has 164 valence electrons. The maximum absolute atomic E-state index is 13.2. The van der Waals surface area contributed by atoms with Crippen molar-refractivity contribution in [3.05, 3.63) is 46.7 Å². The number of hydrogen-bond donors (Lipinski definition) is 0. The lowest BCUT2D eigenvalue weighted by atomic mass is 10.0. The number of rotatable bonds is 11. The van der Waals surface area contributed by atoms with Gasteiger partial charge in [-0.25, -0.2) is 4.79 Å². The molecule has 0 saturated heterocycles. The van der Waals surface area contributed by atoms with Gasteiger partial charge in [-0.1, -0.05) is 0 Å². The molecule has 0 aliphatic heterocycles. The molecule has 2 heterocycles. The van der Waals surface area contributed by atoms with E-state index in [1.807, 2.05) is 6.92 Å². The van der Waals surface area contributed by atoms with Crippen LogP contribution in [0.2, 0.25) is 0 Å². The number of carbonyl (C=O) groups excluding carboxylic acids is 3. The summed E-state index contributed by atoms with van der Waals surface area (Å²) in [6.07, 6.45) is 2.00. The van der Waals surface area contributed by atoms with Gasteiger partial charge in [0.1, 0.15) is 5.69 Å².